The van der Waals surface area contributed by atoms with Crippen LogP contribution in [0.3, 0.4) is 0 Å². The molecule has 0 bridgehead atoms. The van der Waals surface area contributed by atoms with Crippen LogP contribution < -0.4 is 0 Å². The maximum absolute atomic E-state index is 11.9. The van der Waals surface area contributed by atoms with Crippen molar-refractivity contribution in [2.75, 3.05) is 13.2 Å². The van der Waals surface area contributed by atoms with Crippen LogP contribution in [0.4, 0.5) is 0 Å². The van der Waals surface area contributed by atoms with Gasteiger partial charge in [0, 0.05) is 0 Å². The van der Waals surface area contributed by atoms with Gasteiger partial charge >= 0.3 is 0 Å². The lowest BCUT2D eigenvalue weighted by Crippen LogP contribution is -2.10. The quantitative estimate of drug-likeness (QED) is 0.260. The lowest BCUT2D eigenvalue weighted by Gasteiger charge is -2.07. The van der Waals surface area contributed by atoms with Crippen molar-refractivity contribution >= 4 is 20.2 Å². The Kier molecular flexibility index (Phi) is 11.2. The zero-order valence-corrected chi connectivity index (χ0v) is 19.5. The first-order chi connectivity index (χ1) is 14.9. The summed E-state index contributed by atoms with van der Waals surface area (Å²) in [5, 5.41) is 0. The maximum Gasteiger partial charge on any atom is 0.271 e. The van der Waals surface area contributed by atoms with E-state index < -0.39 is 20.2 Å². The molecule has 0 aliphatic carbocycles. The van der Waals surface area contributed by atoms with Crippen molar-refractivity contribution in [3.05, 3.63) is 71.8 Å². The lowest BCUT2D eigenvalue weighted by atomic mass is 10.1. The Morgan fingerprint density at radius 3 is 1.16 bits per heavy atom. The molecule has 0 fully saturated rings. The van der Waals surface area contributed by atoms with Crippen LogP contribution in [0.5, 0.6) is 0 Å². The van der Waals surface area contributed by atoms with Crippen molar-refractivity contribution in [3.63, 3.8) is 0 Å². The molecule has 0 aromatic heterocycles. The Balaban J connectivity index is 1.44. The van der Waals surface area contributed by atoms with E-state index >= 15 is 0 Å². The van der Waals surface area contributed by atoms with E-state index in [2.05, 4.69) is 0 Å². The topological polar surface area (TPSA) is 86.7 Å². The van der Waals surface area contributed by atoms with E-state index in [1.807, 2.05) is 12.1 Å². The molecule has 0 atom stereocenters. The van der Waals surface area contributed by atoms with Gasteiger partial charge in [0.05, 0.1) is 13.2 Å². The Morgan fingerprint density at radius 2 is 0.806 bits per heavy atom. The van der Waals surface area contributed by atoms with Gasteiger partial charge < -0.3 is 0 Å². The van der Waals surface area contributed by atoms with Gasteiger partial charge in [-0.1, -0.05) is 92.8 Å². The Morgan fingerprint density at radius 1 is 0.484 bits per heavy atom. The summed E-state index contributed by atoms with van der Waals surface area (Å²) in [4.78, 5) is 0. The summed E-state index contributed by atoms with van der Waals surface area (Å²) in [7, 11) is -7.07. The van der Waals surface area contributed by atoms with Crippen LogP contribution in [-0.4, -0.2) is 30.0 Å². The van der Waals surface area contributed by atoms with Crippen LogP contribution in [0, 0.1) is 0 Å². The molecule has 8 heteroatoms. The van der Waals surface area contributed by atoms with Gasteiger partial charge in [0.15, 0.2) is 0 Å². The van der Waals surface area contributed by atoms with Gasteiger partial charge in [-0.05, 0) is 24.0 Å². The smallest absolute Gasteiger partial charge is 0.270 e. The van der Waals surface area contributed by atoms with E-state index in [-0.39, 0.29) is 24.7 Å². The van der Waals surface area contributed by atoms with E-state index in [4.69, 9.17) is 8.37 Å². The van der Waals surface area contributed by atoms with Gasteiger partial charge in [0.1, 0.15) is 11.5 Å². The Labute approximate surface area is 186 Å². The first-order valence-corrected chi connectivity index (χ1v) is 13.8. The fourth-order valence-electron chi connectivity index (χ4n) is 3.10. The Bertz CT molecular complexity index is 863. The number of hydrogen-bond donors (Lipinski definition) is 0. The number of benzene rings is 2. The van der Waals surface area contributed by atoms with Crippen LogP contribution in [0.2, 0.25) is 0 Å². The van der Waals surface area contributed by atoms with Gasteiger partial charge in [-0.2, -0.15) is 16.8 Å². The van der Waals surface area contributed by atoms with Crippen molar-refractivity contribution in [2.45, 2.75) is 56.5 Å². The summed E-state index contributed by atoms with van der Waals surface area (Å²) in [5.74, 6) is -0.200. The minimum absolute atomic E-state index is 0.100. The monoisotopic (exact) mass is 468 g/mol. The molecule has 0 heterocycles. The summed E-state index contributed by atoms with van der Waals surface area (Å²) in [6, 6.07) is 18.0. The highest BCUT2D eigenvalue weighted by Crippen LogP contribution is 2.12. The summed E-state index contributed by atoms with van der Waals surface area (Å²) in [6.07, 6.45) is 6.23. The van der Waals surface area contributed by atoms with Crippen molar-refractivity contribution in [3.8, 4) is 0 Å². The first-order valence-electron chi connectivity index (χ1n) is 10.7. The summed E-state index contributed by atoms with van der Waals surface area (Å²) < 4.78 is 57.9. The van der Waals surface area contributed by atoms with Crippen LogP contribution in [-0.2, 0) is 40.1 Å². The molecule has 31 heavy (non-hydrogen) atoms. The Hall–Kier alpha value is -1.74. The van der Waals surface area contributed by atoms with Gasteiger partial charge in [0.25, 0.3) is 20.2 Å². The molecule has 0 N–H and O–H groups in total. The molecule has 0 aliphatic heterocycles. The number of unbranched alkanes of at least 4 members (excludes halogenated alkanes) is 6. The van der Waals surface area contributed by atoms with E-state index in [0.29, 0.717) is 12.8 Å². The molecule has 0 radical (unpaired) electrons. The molecule has 2 rings (SSSR count). The van der Waals surface area contributed by atoms with Gasteiger partial charge in [-0.25, -0.2) is 0 Å². The van der Waals surface area contributed by atoms with Crippen LogP contribution in [0.1, 0.15) is 56.1 Å². The fourth-order valence-corrected chi connectivity index (χ4v) is 5.21. The minimum Gasteiger partial charge on any atom is -0.270 e. The summed E-state index contributed by atoms with van der Waals surface area (Å²) in [6.45, 7) is 0.421. The minimum atomic E-state index is -3.54. The standard InChI is InChI=1S/C23H32O6S2/c24-30(25,20-22-14-8-6-9-15-22)28-18-12-4-2-1-3-5-13-19-29-31(26,27)21-23-16-10-7-11-17-23/h6-11,14-17H,1-5,12-13,18-21H2. The van der Waals surface area contributed by atoms with Gasteiger partial charge in [-0.3, -0.25) is 8.37 Å². The first kappa shape index (κ1) is 25.5. The molecule has 0 saturated heterocycles. The number of rotatable bonds is 16. The SMILES string of the molecule is O=S(=O)(Cc1ccccc1)OCCCCCCCCCOS(=O)(=O)Cc1ccccc1. The normalized spacial score (nSPS) is 12.1. The highest BCUT2D eigenvalue weighted by Gasteiger charge is 2.13. The van der Waals surface area contributed by atoms with Crippen LogP contribution in [0.25, 0.3) is 0 Å². The molecule has 6 nitrogen and oxygen atoms in total. The largest absolute Gasteiger partial charge is 0.271 e. The second-order valence-corrected chi connectivity index (χ2v) is 10.8. The molecule has 172 valence electrons. The predicted octanol–water partition coefficient (Wildman–Crippen LogP) is 4.81. The summed E-state index contributed by atoms with van der Waals surface area (Å²) >= 11 is 0. The van der Waals surface area contributed by atoms with Crippen LogP contribution in [0.15, 0.2) is 60.7 Å². The van der Waals surface area contributed by atoms with Crippen molar-refractivity contribution in [2.24, 2.45) is 0 Å². The molecule has 2 aromatic carbocycles. The average Bonchev–Trinajstić information content (AvgIpc) is 2.72. The molecular weight excluding hydrogens is 436 g/mol. The highest BCUT2D eigenvalue weighted by molar-refractivity contribution is 7.86. The maximum atomic E-state index is 11.9. The second-order valence-electron chi connectivity index (χ2n) is 7.49. The number of hydrogen-bond acceptors (Lipinski definition) is 6. The third-order valence-electron chi connectivity index (χ3n) is 4.69. The van der Waals surface area contributed by atoms with E-state index in [0.717, 1.165) is 43.2 Å². The zero-order chi connectivity index (χ0) is 22.4. The van der Waals surface area contributed by atoms with Crippen molar-refractivity contribution < 1.29 is 25.2 Å². The molecule has 0 amide bonds. The third kappa shape index (κ3) is 12.0. The van der Waals surface area contributed by atoms with E-state index in [1.54, 1.807) is 48.5 Å². The van der Waals surface area contributed by atoms with Crippen molar-refractivity contribution in [1.29, 1.82) is 0 Å². The highest BCUT2D eigenvalue weighted by atomic mass is 32.2. The molecule has 2 aromatic rings. The average molecular weight is 469 g/mol. The molecule has 0 aliphatic rings. The van der Waals surface area contributed by atoms with E-state index in [9.17, 15) is 16.8 Å². The predicted molar refractivity (Wildman–Crippen MR) is 122 cm³/mol. The molecule has 0 saturated carbocycles. The summed E-state index contributed by atoms with van der Waals surface area (Å²) in [5.41, 5.74) is 1.44. The van der Waals surface area contributed by atoms with Crippen LogP contribution >= 0.6 is 0 Å². The van der Waals surface area contributed by atoms with Gasteiger partial charge in [0.2, 0.25) is 0 Å². The third-order valence-corrected chi connectivity index (χ3v) is 7.11. The van der Waals surface area contributed by atoms with Gasteiger partial charge in [-0.15, -0.1) is 0 Å². The molecule has 0 spiro atoms. The molecular formula is C23H32O6S2. The van der Waals surface area contributed by atoms with Crippen molar-refractivity contribution in [1.82, 2.24) is 0 Å². The van der Waals surface area contributed by atoms with E-state index in [1.165, 1.54) is 0 Å². The second kappa shape index (κ2) is 13.6. The molecule has 0 unspecified atom stereocenters. The fraction of sp³-hybridized carbons (Fsp3) is 0.478. The lowest BCUT2D eigenvalue weighted by molar-refractivity contribution is 0.302. The zero-order valence-electron chi connectivity index (χ0n) is 17.8.